The van der Waals surface area contributed by atoms with E-state index in [0.29, 0.717) is 22.1 Å². The molecular weight excluding hydrogens is 344 g/mol. The van der Waals surface area contributed by atoms with Crippen molar-refractivity contribution in [1.29, 1.82) is 0 Å². The molecule has 0 radical (unpaired) electrons. The van der Waals surface area contributed by atoms with E-state index in [1.54, 1.807) is 30.1 Å². The third-order valence-electron chi connectivity index (χ3n) is 3.40. The molecule has 1 N–H and O–H groups in total. The maximum absolute atomic E-state index is 11.3. The first-order valence-electron chi connectivity index (χ1n) is 7.27. The van der Waals surface area contributed by atoms with Gasteiger partial charge in [0.05, 0.1) is 16.4 Å². The highest BCUT2D eigenvalue weighted by Gasteiger charge is 2.16. The van der Waals surface area contributed by atoms with Crippen molar-refractivity contribution in [3.63, 3.8) is 0 Å². The Kier molecular flexibility index (Phi) is 4.61. The molecule has 0 atom stereocenters. The number of nitrogens with one attached hydrogen (secondary N) is 1. The van der Waals surface area contributed by atoms with E-state index < -0.39 is 4.92 Å². The summed E-state index contributed by atoms with van der Waals surface area (Å²) in [6.45, 7) is 1.49. The summed E-state index contributed by atoms with van der Waals surface area (Å²) in [4.78, 5) is 24.9. The van der Waals surface area contributed by atoms with Crippen LogP contribution in [0.25, 0.3) is 22.6 Å². The number of hydrogen-bond acceptors (Lipinski definition) is 7. The molecule has 0 bridgehead atoms. The van der Waals surface area contributed by atoms with Crippen LogP contribution < -0.4 is 0 Å². The van der Waals surface area contributed by atoms with Crippen LogP contribution >= 0.6 is 11.8 Å². The number of hydrogen-bond donors (Lipinski definition) is 1. The Morgan fingerprint density at radius 3 is 2.72 bits per heavy atom. The van der Waals surface area contributed by atoms with Crippen molar-refractivity contribution < 1.29 is 9.72 Å². The number of Topliss-reactive ketones (excluding diaryl/α,β-unsaturated/α-hetero) is 1. The summed E-state index contributed by atoms with van der Waals surface area (Å²) < 4.78 is 1.64. The molecular formula is C15H14N6O3S. The zero-order valence-electron chi connectivity index (χ0n) is 13.5. The lowest BCUT2D eigenvalue weighted by atomic mass is 10.1. The monoisotopic (exact) mass is 358 g/mol. The molecule has 3 rings (SSSR count). The van der Waals surface area contributed by atoms with Crippen molar-refractivity contribution in [3.8, 4) is 22.6 Å². The Hall–Kier alpha value is -3.01. The van der Waals surface area contributed by atoms with Gasteiger partial charge in [0.2, 0.25) is 0 Å². The SMILES string of the molecule is CC(=O)CSc1nnc(-c2cc(-c3ccnn3C)cc([N+](=O)[O-])c2)[nH]1. The second-order valence-corrected chi connectivity index (χ2v) is 6.30. The maximum atomic E-state index is 11.3. The number of benzene rings is 1. The van der Waals surface area contributed by atoms with Gasteiger partial charge in [-0.3, -0.25) is 19.6 Å². The highest BCUT2D eigenvalue weighted by Crippen LogP contribution is 2.30. The van der Waals surface area contributed by atoms with Crippen LogP contribution in [0.15, 0.2) is 35.6 Å². The Labute approximate surface area is 146 Å². The number of nitrogens with zero attached hydrogens (tertiary/aromatic N) is 5. The van der Waals surface area contributed by atoms with Crippen LogP contribution in [0, 0.1) is 10.1 Å². The number of aryl methyl sites for hydroxylation is 1. The van der Waals surface area contributed by atoms with Gasteiger partial charge in [-0.25, -0.2) is 0 Å². The fraction of sp³-hybridized carbons (Fsp3) is 0.200. The van der Waals surface area contributed by atoms with Crippen molar-refractivity contribution in [2.24, 2.45) is 7.05 Å². The largest absolute Gasteiger partial charge is 0.316 e. The number of non-ortho nitro benzene ring substituents is 1. The molecule has 1 aromatic carbocycles. The lowest BCUT2D eigenvalue weighted by molar-refractivity contribution is -0.384. The van der Waals surface area contributed by atoms with Gasteiger partial charge in [0.25, 0.3) is 5.69 Å². The molecule has 0 saturated heterocycles. The van der Waals surface area contributed by atoms with E-state index in [2.05, 4.69) is 20.3 Å². The number of aromatic amines is 1. The number of thioether (sulfide) groups is 1. The second kappa shape index (κ2) is 6.85. The van der Waals surface area contributed by atoms with Crippen LogP contribution in [0.1, 0.15) is 6.92 Å². The number of carbonyl (C=O) groups is 1. The topological polar surface area (TPSA) is 120 Å². The molecule has 0 aliphatic rings. The van der Waals surface area contributed by atoms with E-state index in [-0.39, 0.29) is 17.2 Å². The van der Waals surface area contributed by atoms with E-state index in [1.165, 1.54) is 30.8 Å². The standard InChI is InChI=1S/C15H14N6O3S/c1-9(22)8-25-15-17-14(18-19-15)11-5-10(6-12(7-11)21(23)24)13-3-4-16-20(13)2/h3-7H,8H2,1-2H3,(H,17,18,19). The average molecular weight is 358 g/mol. The third-order valence-corrected chi connectivity index (χ3v) is 4.41. The van der Waals surface area contributed by atoms with E-state index in [1.807, 2.05) is 0 Å². The van der Waals surface area contributed by atoms with Gasteiger partial charge >= 0.3 is 0 Å². The number of nitro groups is 1. The fourth-order valence-electron chi connectivity index (χ4n) is 2.27. The predicted molar refractivity (Wildman–Crippen MR) is 92.1 cm³/mol. The zero-order valence-corrected chi connectivity index (χ0v) is 14.3. The molecule has 0 aliphatic carbocycles. The van der Waals surface area contributed by atoms with Gasteiger partial charge < -0.3 is 4.98 Å². The van der Waals surface area contributed by atoms with Crippen molar-refractivity contribution >= 4 is 23.2 Å². The third kappa shape index (κ3) is 3.74. The zero-order chi connectivity index (χ0) is 18.0. The lowest BCUT2D eigenvalue weighted by Crippen LogP contribution is -1.96. The van der Waals surface area contributed by atoms with Gasteiger partial charge in [-0.1, -0.05) is 11.8 Å². The normalized spacial score (nSPS) is 10.8. The molecule has 128 valence electrons. The average Bonchev–Trinajstić information content (AvgIpc) is 3.21. The highest BCUT2D eigenvalue weighted by atomic mass is 32.2. The summed E-state index contributed by atoms with van der Waals surface area (Å²) in [5.41, 5.74) is 1.88. The quantitative estimate of drug-likeness (QED) is 0.408. The van der Waals surface area contributed by atoms with Gasteiger partial charge in [0, 0.05) is 36.5 Å². The Morgan fingerprint density at radius 2 is 2.08 bits per heavy atom. The van der Waals surface area contributed by atoms with Gasteiger partial charge in [0.1, 0.15) is 5.78 Å². The van der Waals surface area contributed by atoms with Crippen LogP contribution in [0.5, 0.6) is 0 Å². The molecule has 0 fully saturated rings. The van der Waals surface area contributed by atoms with Crippen LogP contribution in [0.3, 0.4) is 0 Å². The van der Waals surface area contributed by atoms with Crippen molar-refractivity contribution in [1.82, 2.24) is 25.0 Å². The molecule has 0 saturated carbocycles. The minimum Gasteiger partial charge on any atom is -0.316 e. The summed E-state index contributed by atoms with van der Waals surface area (Å²) in [7, 11) is 1.76. The van der Waals surface area contributed by atoms with Gasteiger partial charge in [0.15, 0.2) is 11.0 Å². The minimum absolute atomic E-state index is 0.0248. The number of nitro benzene ring substituents is 1. The Bertz CT molecular complexity index is 948. The van der Waals surface area contributed by atoms with Crippen molar-refractivity contribution in [2.45, 2.75) is 12.1 Å². The lowest BCUT2D eigenvalue weighted by Gasteiger charge is -2.05. The first-order chi connectivity index (χ1) is 11.9. The summed E-state index contributed by atoms with van der Waals surface area (Å²) in [5, 5.41) is 23.8. The van der Waals surface area contributed by atoms with E-state index in [4.69, 9.17) is 0 Å². The van der Waals surface area contributed by atoms with Gasteiger partial charge in [-0.15, -0.1) is 10.2 Å². The van der Waals surface area contributed by atoms with Gasteiger partial charge in [-0.05, 0) is 19.1 Å². The number of ketones is 1. The fourth-order valence-corrected chi connectivity index (χ4v) is 2.88. The van der Waals surface area contributed by atoms with Crippen LogP contribution in [0.2, 0.25) is 0 Å². The molecule has 0 unspecified atom stereocenters. The Balaban J connectivity index is 2.01. The maximum Gasteiger partial charge on any atom is 0.270 e. The smallest absolute Gasteiger partial charge is 0.270 e. The summed E-state index contributed by atoms with van der Waals surface area (Å²) >= 11 is 1.23. The van der Waals surface area contributed by atoms with Crippen LogP contribution in [-0.4, -0.2) is 41.4 Å². The first-order valence-corrected chi connectivity index (χ1v) is 8.26. The molecule has 25 heavy (non-hydrogen) atoms. The summed E-state index contributed by atoms with van der Waals surface area (Å²) in [5.74, 6) is 0.707. The highest BCUT2D eigenvalue weighted by molar-refractivity contribution is 7.99. The van der Waals surface area contributed by atoms with Crippen LogP contribution in [0.4, 0.5) is 5.69 Å². The number of rotatable bonds is 6. The van der Waals surface area contributed by atoms with E-state index in [0.717, 1.165) is 5.69 Å². The number of aromatic nitrogens is 5. The van der Waals surface area contributed by atoms with Gasteiger partial charge in [-0.2, -0.15) is 5.10 Å². The predicted octanol–water partition coefficient (Wildman–Crippen LogP) is 2.46. The molecule has 0 spiro atoms. The molecule has 2 heterocycles. The Morgan fingerprint density at radius 1 is 1.32 bits per heavy atom. The first kappa shape index (κ1) is 16.8. The number of H-pyrrole nitrogens is 1. The van der Waals surface area contributed by atoms with Crippen LogP contribution in [-0.2, 0) is 11.8 Å². The summed E-state index contributed by atoms with van der Waals surface area (Å²) in [6.07, 6.45) is 1.62. The summed E-state index contributed by atoms with van der Waals surface area (Å²) in [6, 6.07) is 6.48. The second-order valence-electron chi connectivity index (χ2n) is 5.34. The molecule has 0 aliphatic heterocycles. The molecule has 10 heteroatoms. The number of carbonyl (C=O) groups excluding carboxylic acids is 1. The molecule has 3 aromatic rings. The molecule has 9 nitrogen and oxygen atoms in total. The minimum atomic E-state index is -0.453. The van der Waals surface area contributed by atoms with E-state index >= 15 is 0 Å². The molecule has 0 amide bonds. The van der Waals surface area contributed by atoms with Crippen molar-refractivity contribution in [3.05, 3.63) is 40.6 Å². The molecule has 2 aromatic heterocycles. The van der Waals surface area contributed by atoms with E-state index in [9.17, 15) is 14.9 Å². The van der Waals surface area contributed by atoms with Crippen molar-refractivity contribution in [2.75, 3.05) is 5.75 Å².